The van der Waals surface area contributed by atoms with Crippen molar-refractivity contribution in [3.63, 3.8) is 0 Å². The number of hydrogen-bond donors (Lipinski definition) is 2. The van der Waals surface area contributed by atoms with Crippen LogP contribution in [0.3, 0.4) is 0 Å². The molecule has 3 N–H and O–H groups in total. The molecule has 0 unspecified atom stereocenters. The van der Waals surface area contributed by atoms with Crippen molar-refractivity contribution in [1.82, 2.24) is 0 Å². The van der Waals surface area contributed by atoms with Gasteiger partial charge in [0.15, 0.2) is 0 Å². The summed E-state index contributed by atoms with van der Waals surface area (Å²) in [6, 6.07) is 7.94. The van der Waals surface area contributed by atoms with Crippen LogP contribution in [0.5, 0.6) is 0 Å². The van der Waals surface area contributed by atoms with E-state index in [9.17, 15) is 4.79 Å². The topological polar surface area (TPSA) is 58.4 Å². The van der Waals surface area contributed by atoms with E-state index in [-0.39, 0.29) is 5.91 Å². The third-order valence-electron chi connectivity index (χ3n) is 3.40. The Morgan fingerprint density at radius 2 is 1.95 bits per heavy atom. The molecule has 1 aromatic carbocycles. The second-order valence-corrected chi connectivity index (χ2v) is 6.29. The van der Waals surface area contributed by atoms with Crippen molar-refractivity contribution < 1.29 is 4.79 Å². The number of hydrogen-bond acceptors (Lipinski definition) is 4. The van der Waals surface area contributed by atoms with Crippen LogP contribution in [0, 0.1) is 0 Å². The van der Waals surface area contributed by atoms with Gasteiger partial charge in [-0.2, -0.15) is 11.8 Å². The Bertz CT molecular complexity index is 434. The number of nitrogens with one attached hydrogen (secondary N) is 1. The van der Waals surface area contributed by atoms with Gasteiger partial charge in [-0.15, -0.1) is 0 Å². The molecule has 0 aliphatic carbocycles. The third kappa shape index (κ3) is 5.59. The molecule has 0 saturated carbocycles. The molecule has 0 aliphatic heterocycles. The van der Waals surface area contributed by atoms with Gasteiger partial charge in [-0.1, -0.05) is 0 Å². The van der Waals surface area contributed by atoms with Crippen LogP contribution in [-0.4, -0.2) is 36.5 Å². The van der Waals surface area contributed by atoms with Gasteiger partial charge in [0, 0.05) is 24.0 Å². The van der Waals surface area contributed by atoms with Crippen molar-refractivity contribution in [2.75, 3.05) is 28.8 Å². The number of nitrogens with zero attached hydrogens (tertiary/aromatic N) is 1. The number of rotatable bonds is 8. The fourth-order valence-electron chi connectivity index (χ4n) is 2.19. The van der Waals surface area contributed by atoms with E-state index in [1.807, 2.05) is 30.5 Å². The monoisotopic (exact) mass is 309 g/mol. The molecule has 0 aromatic heterocycles. The van der Waals surface area contributed by atoms with Crippen LogP contribution in [0.4, 0.5) is 11.4 Å². The fourth-order valence-corrected chi connectivity index (χ4v) is 2.68. The molecule has 118 valence electrons. The van der Waals surface area contributed by atoms with Crippen LogP contribution in [0.15, 0.2) is 24.3 Å². The van der Waals surface area contributed by atoms with Crippen LogP contribution in [0.25, 0.3) is 0 Å². The van der Waals surface area contributed by atoms with E-state index in [0.717, 1.165) is 23.7 Å². The summed E-state index contributed by atoms with van der Waals surface area (Å²) in [6.45, 7) is 7.44. The molecule has 1 atom stereocenters. The summed E-state index contributed by atoms with van der Waals surface area (Å²) in [4.78, 5) is 14.2. The van der Waals surface area contributed by atoms with E-state index in [0.29, 0.717) is 12.5 Å². The van der Waals surface area contributed by atoms with Gasteiger partial charge in [0.25, 0.3) is 0 Å². The zero-order valence-corrected chi connectivity index (χ0v) is 14.2. The lowest BCUT2D eigenvalue weighted by Gasteiger charge is -2.27. The number of carbonyl (C=O) groups is 1. The highest BCUT2D eigenvalue weighted by atomic mass is 32.2. The number of thioether (sulfide) groups is 1. The van der Waals surface area contributed by atoms with E-state index >= 15 is 0 Å². The van der Waals surface area contributed by atoms with Crippen LogP contribution < -0.4 is 16.0 Å². The summed E-state index contributed by atoms with van der Waals surface area (Å²) < 4.78 is 0. The summed E-state index contributed by atoms with van der Waals surface area (Å²) in [5.41, 5.74) is 7.82. The Hall–Kier alpha value is -1.20. The van der Waals surface area contributed by atoms with E-state index in [2.05, 4.69) is 31.0 Å². The normalized spacial score (nSPS) is 12.3. The molecule has 0 fully saturated rings. The Labute approximate surface area is 132 Å². The van der Waals surface area contributed by atoms with Crippen molar-refractivity contribution in [2.24, 2.45) is 5.73 Å². The molecular weight excluding hydrogens is 282 g/mol. The minimum atomic E-state index is -0.445. The average Bonchev–Trinajstić information content (AvgIpc) is 2.46. The Balaban J connectivity index is 2.64. The first-order valence-electron chi connectivity index (χ1n) is 7.41. The summed E-state index contributed by atoms with van der Waals surface area (Å²) in [7, 11) is 0. The molecule has 0 aliphatic rings. The summed E-state index contributed by atoms with van der Waals surface area (Å²) in [6.07, 6.45) is 2.71. The van der Waals surface area contributed by atoms with Crippen LogP contribution >= 0.6 is 11.8 Å². The molecule has 21 heavy (non-hydrogen) atoms. The highest BCUT2D eigenvalue weighted by Gasteiger charge is 2.13. The van der Waals surface area contributed by atoms with Crippen molar-refractivity contribution in [3.05, 3.63) is 24.3 Å². The highest BCUT2D eigenvalue weighted by molar-refractivity contribution is 7.98. The van der Waals surface area contributed by atoms with Crippen LogP contribution in [0.2, 0.25) is 0 Å². The fraction of sp³-hybridized carbons (Fsp3) is 0.562. The number of carbonyl (C=O) groups excluding carboxylic acids is 1. The van der Waals surface area contributed by atoms with Crippen molar-refractivity contribution in [3.8, 4) is 0 Å². The molecular formula is C16H27N3OS. The van der Waals surface area contributed by atoms with E-state index in [1.54, 1.807) is 11.8 Å². The molecule has 1 aromatic rings. The quantitative estimate of drug-likeness (QED) is 0.775. The molecule has 0 radical (unpaired) electrons. The van der Waals surface area contributed by atoms with Crippen molar-refractivity contribution >= 4 is 29.0 Å². The highest BCUT2D eigenvalue weighted by Crippen LogP contribution is 2.20. The van der Waals surface area contributed by atoms with Gasteiger partial charge in [0.05, 0.1) is 6.04 Å². The summed E-state index contributed by atoms with van der Waals surface area (Å²) >= 11 is 1.70. The zero-order chi connectivity index (χ0) is 15.8. The second-order valence-electron chi connectivity index (χ2n) is 5.30. The standard InChI is InChI=1S/C16H27N3OS/c1-5-19(12(2)3)14-8-6-13(7-9-14)18-16(20)15(17)10-11-21-4/h6-9,12,15H,5,10-11,17H2,1-4H3,(H,18,20)/t15-/m1/s1. The molecule has 0 spiro atoms. The minimum Gasteiger partial charge on any atom is -0.369 e. The van der Waals surface area contributed by atoms with Crippen molar-refractivity contribution in [2.45, 2.75) is 39.3 Å². The molecule has 4 nitrogen and oxygen atoms in total. The predicted molar refractivity (Wildman–Crippen MR) is 94.2 cm³/mol. The Morgan fingerprint density at radius 3 is 2.43 bits per heavy atom. The lowest BCUT2D eigenvalue weighted by Crippen LogP contribution is -2.36. The smallest absolute Gasteiger partial charge is 0.241 e. The van der Waals surface area contributed by atoms with Crippen LogP contribution in [0.1, 0.15) is 27.2 Å². The predicted octanol–water partition coefficient (Wildman–Crippen LogP) is 2.94. The number of benzene rings is 1. The molecule has 0 heterocycles. The molecule has 5 heteroatoms. The SMILES string of the molecule is CCN(c1ccc(NC(=O)[C@H](N)CCSC)cc1)C(C)C. The Kier molecular flexibility index (Phi) is 7.61. The minimum absolute atomic E-state index is 0.118. The first-order valence-corrected chi connectivity index (χ1v) is 8.81. The molecule has 1 amide bonds. The largest absolute Gasteiger partial charge is 0.369 e. The maximum Gasteiger partial charge on any atom is 0.241 e. The van der Waals surface area contributed by atoms with Gasteiger partial charge in [-0.3, -0.25) is 4.79 Å². The third-order valence-corrected chi connectivity index (χ3v) is 4.04. The summed E-state index contributed by atoms with van der Waals surface area (Å²) in [5, 5.41) is 2.87. The zero-order valence-electron chi connectivity index (χ0n) is 13.4. The maximum absolute atomic E-state index is 11.9. The van der Waals surface area contributed by atoms with Gasteiger partial charge in [-0.05, 0) is 63.5 Å². The molecule has 1 rings (SSSR count). The van der Waals surface area contributed by atoms with Crippen molar-refractivity contribution in [1.29, 1.82) is 0 Å². The number of nitrogens with two attached hydrogens (primary N) is 1. The Morgan fingerprint density at radius 1 is 1.33 bits per heavy atom. The van der Waals surface area contributed by atoms with E-state index in [4.69, 9.17) is 5.73 Å². The first kappa shape index (κ1) is 17.9. The van der Waals surface area contributed by atoms with Gasteiger partial charge in [0.1, 0.15) is 0 Å². The number of amides is 1. The summed E-state index contributed by atoms with van der Waals surface area (Å²) in [5.74, 6) is 0.779. The first-order chi connectivity index (χ1) is 9.99. The average molecular weight is 309 g/mol. The van der Waals surface area contributed by atoms with Gasteiger partial charge in [-0.25, -0.2) is 0 Å². The van der Waals surface area contributed by atoms with E-state index < -0.39 is 6.04 Å². The lowest BCUT2D eigenvalue weighted by molar-refractivity contribution is -0.117. The molecule has 0 bridgehead atoms. The second kappa shape index (κ2) is 8.95. The van der Waals surface area contributed by atoms with Gasteiger partial charge in [0.2, 0.25) is 5.91 Å². The van der Waals surface area contributed by atoms with Gasteiger partial charge < -0.3 is 16.0 Å². The molecule has 0 saturated heterocycles. The van der Waals surface area contributed by atoms with Crippen LogP contribution in [-0.2, 0) is 4.79 Å². The lowest BCUT2D eigenvalue weighted by atomic mass is 10.2. The number of anilines is 2. The van der Waals surface area contributed by atoms with Gasteiger partial charge >= 0.3 is 0 Å². The van der Waals surface area contributed by atoms with E-state index in [1.165, 1.54) is 0 Å². The maximum atomic E-state index is 11.9.